The molecular formula is C11H18N2O2. The van der Waals surface area contributed by atoms with Crippen molar-refractivity contribution < 1.29 is 9.47 Å². The highest BCUT2D eigenvalue weighted by Gasteiger charge is 2.07. The van der Waals surface area contributed by atoms with Crippen LogP contribution in [0.1, 0.15) is 33.4 Å². The van der Waals surface area contributed by atoms with Gasteiger partial charge in [-0.2, -0.15) is 4.98 Å². The normalized spacial score (nSPS) is 10.9. The summed E-state index contributed by atoms with van der Waals surface area (Å²) in [7, 11) is 0. The number of rotatable bonds is 4. The number of hydrogen-bond acceptors (Lipinski definition) is 4. The van der Waals surface area contributed by atoms with E-state index in [4.69, 9.17) is 9.47 Å². The lowest BCUT2D eigenvalue weighted by atomic mass is 10.4. The average molecular weight is 210 g/mol. The van der Waals surface area contributed by atoms with Crippen LogP contribution >= 0.6 is 0 Å². The van der Waals surface area contributed by atoms with Gasteiger partial charge in [0.2, 0.25) is 5.88 Å². The summed E-state index contributed by atoms with van der Waals surface area (Å²) < 4.78 is 10.9. The zero-order valence-corrected chi connectivity index (χ0v) is 9.94. The van der Waals surface area contributed by atoms with Crippen molar-refractivity contribution in [2.24, 2.45) is 0 Å². The van der Waals surface area contributed by atoms with Crippen molar-refractivity contribution in [3.05, 3.63) is 11.8 Å². The Bertz CT molecular complexity index is 296. The van der Waals surface area contributed by atoms with E-state index in [-0.39, 0.29) is 12.2 Å². The smallest absolute Gasteiger partial charge is 0.320 e. The van der Waals surface area contributed by atoms with Crippen molar-refractivity contribution in [3.8, 4) is 11.9 Å². The number of aryl methyl sites for hydroxylation is 1. The van der Waals surface area contributed by atoms with Gasteiger partial charge in [0, 0.05) is 11.8 Å². The van der Waals surface area contributed by atoms with E-state index in [1.807, 2.05) is 34.6 Å². The van der Waals surface area contributed by atoms with Crippen LogP contribution in [-0.2, 0) is 0 Å². The Labute approximate surface area is 90.7 Å². The van der Waals surface area contributed by atoms with Crippen LogP contribution in [0.3, 0.4) is 0 Å². The third-order valence-electron chi connectivity index (χ3n) is 1.51. The van der Waals surface area contributed by atoms with Crippen molar-refractivity contribution in [1.82, 2.24) is 9.97 Å². The number of hydrogen-bond donors (Lipinski definition) is 0. The fourth-order valence-electron chi connectivity index (χ4n) is 1.08. The van der Waals surface area contributed by atoms with Gasteiger partial charge in [-0.1, -0.05) is 0 Å². The molecule has 4 heteroatoms. The standard InChI is InChI=1S/C11H18N2O2/c1-7(2)14-10-6-9(5)12-11(13-10)15-8(3)4/h6-8H,1-5H3. The highest BCUT2D eigenvalue weighted by molar-refractivity contribution is 5.17. The maximum atomic E-state index is 5.49. The van der Waals surface area contributed by atoms with E-state index in [0.717, 1.165) is 5.69 Å². The van der Waals surface area contributed by atoms with Gasteiger partial charge in [-0.05, 0) is 34.6 Å². The van der Waals surface area contributed by atoms with E-state index in [0.29, 0.717) is 11.9 Å². The molecule has 0 amide bonds. The molecule has 0 radical (unpaired) electrons. The minimum atomic E-state index is 0.0682. The Morgan fingerprint density at radius 3 is 2.13 bits per heavy atom. The van der Waals surface area contributed by atoms with Crippen LogP contribution in [0.5, 0.6) is 11.9 Å². The van der Waals surface area contributed by atoms with Gasteiger partial charge < -0.3 is 9.47 Å². The van der Waals surface area contributed by atoms with Crippen LogP contribution in [0.2, 0.25) is 0 Å². The van der Waals surface area contributed by atoms with Crippen molar-refractivity contribution in [3.63, 3.8) is 0 Å². The first-order chi connectivity index (χ1) is 6.97. The average Bonchev–Trinajstić information content (AvgIpc) is 1.98. The molecule has 4 nitrogen and oxygen atoms in total. The molecule has 0 aliphatic carbocycles. The number of nitrogens with zero attached hydrogens (tertiary/aromatic N) is 2. The molecule has 0 atom stereocenters. The zero-order chi connectivity index (χ0) is 11.4. The molecule has 0 N–H and O–H groups in total. The highest BCUT2D eigenvalue weighted by Crippen LogP contribution is 2.15. The van der Waals surface area contributed by atoms with Crippen LogP contribution < -0.4 is 9.47 Å². The van der Waals surface area contributed by atoms with Crippen molar-refractivity contribution in [2.45, 2.75) is 46.8 Å². The first kappa shape index (κ1) is 11.8. The molecule has 0 spiro atoms. The molecule has 15 heavy (non-hydrogen) atoms. The van der Waals surface area contributed by atoms with Gasteiger partial charge in [0.25, 0.3) is 0 Å². The summed E-state index contributed by atoms with van der Waals surface area (Å²) in [6, 6.07) is 2.17. The van der Waals surface area contributed by atoms with Gasteiger partial charge in [0.1, 0.15) is 0 Å². The summed E-state index contributed by atoms with van der Waals surface area (Å²) in [4.78, 5) is 8.33. The minimum Gasteiger partial charge on any atom is -0.475 e. The number of aromatic nitrogens is 2. The Morgan fingerprint density at radius 2 is 1.60 bits per heavy atom. The quantitative estimate of drug-likeness (QED) is 0.765. The van der Waals surface area contributed by atoms with Crippen LogP contribution in [0, 0.1) is 6.92 Å². The summed E-state index contributed by atoms with van der Waals surface area (Å²) in [6.45, 7) is 9.69. The maximum Gasteiger partial charge on any atom is 0.320 e. The molecule has 0 aromatic carbocycles. The van der Waals surface area contributed by atoms with E-state index in [1.54, 1.807) is 6.07 Å². The monoisotopic (exact) mass is 210 g/mol. The summed E-state index contributed by atoms with van der Waals surface area (Å²) >= 11 is 0. The predicted molar refractivity (Wildman–Crippen MR) is 58.3 cm³/mol. The molecule has 0 fully saturated rings. The molecule has 0 saturated heterocycles. The topological polar surface area (TPSA) is 44.2 Å². The lowest BCUT2D eigenvalue weighted by Crippen LogP contribution is -2.11. The third kappa shape index (κ3) is 4.14. The Kier molecular flexibility index (Phi) is 3.88. The molecule has 1 aromatic rings. The molecule has 1 rings (SSSR count). The van der Waals surface area contributed by atoms with Crippen molar-refractivity contribution in [2.75, 3.05) is 0 Å². The first-order valence-corrected chi connectivity index (χ1v) is 5.16. The van der Waals surface area contributed by atoms with Crippen LogP contribution in [-0.4, -0.2) is 22.2 Å². The fraction of sp³-hybridized carbons (Fsp3) is 0.636. The maximum absolute atomic E-state index is 5.49. The highest BCUT2D eigenvalue weighted by atomic mass is 16.5. The van der Waals surface area contributed by atoms with Crippen molar-refractivity contribution in [1.29, 1.82) is 0 Å². The molecule has 0 unspecified atom stereocenters. The second-order valence-electron chi connectivity index (χ2n) is 3.96. The third-order valence-corrected chi connectivity index (χ3v) is 1.51. The largest absolute Gasteiger partial charge is 0.475 e. The van der Waals surface area contributed by atoms with Gasteiger partial charge in [0.05, 0.1) is 12.2 Å². The van der Waals surface area contributed by atoms with Crippen LogP contribution in [0.15, 0.2) is 6.07 Å². The van der Waals surface area contributed by atoms with E-state index in [2.05, 4.69) is 9.97 Å². The molecule has 84 valence electrons. The Hall–Kier alpha value is -1.32. The molecule has 0 bridgehead atoms. The van der Waals surface area contributed by atoms with Crippen LogP contribution in [0.4, 0.5) is 0 Å². The van der Waals surface area contributed by atoms with E-state index in [1.165, 1.54) is 0 Å². The Balaban J connectivity index is 2.84. The van der Waals surface area contributed by atoms with E-state index in [9.17, 15) is 0 Å². The molecule has 0 aliphatic rings. The molecular weight excluding hydrogens is 192 g/mol. The van der Waals surface area contributed by atoms with Gasteiger partial charge in [-0.3, -0.25) is 0 Å². The van der Waals surface area contributed by atoms with Crippen LogP contribution in [0.25, 0.3) is 0 Å². The van der Waals surface area contributed by atoms with E-state index >= 15 is 0 Å². The molecule has 0 saturated carbocycles. The minimum absolute atomic E-state index is 0.0682. The molecule has 1 heterocycles. The van der Waals surface area contributed by atoms with Gasteiger partial charge in [0.15, 0.2) is 0 Å². The lowest BCUT2D eigenvalue weighted by molar-refractivity contribution is 0.203. The fourth-order valence-corrected chi connectivity index (χ4v) is 1.08. The Morgan fingerprint density at radius 1 is 1.00 bits per heavy atom. The van der Waals surface area contributed by atoms with Gasteiger partial charge >= 0.3 is 6.01 Å². The molecule has 1 aromatic heterocycles. The van der Waals surface area contributed by atoms with Gasteiger partial charge in [-0.15, -0.1) is 0 Å². The zero-order valence-electron chi connectivity index (χ0n) is 9.94. The lowest BCUT2D eigenvalue weighted by Gasteiger charge is -2.12. The van der Waals surface area contributed by atoms with Gasteiger partial charge in [-0.25, -0.2) is 4.98 Å². The number of ether oxygens (including phenoxy) is 2. The summed E-state index contributed by atoms with van der Waals surface area (Å²) in [5.41, 5.74) is 0.844. The van der Waals surface area contributed by atoms with Crippen molar-refractivity contribution >= 4 is 0 Å². The first-order valence-electron chi connectivity index (χ1n) is 5.16. The predicted octanol–water partition coefficient (Wildman–Crippen LogP) is 2.36. The summed E-state index contributed by atoms with van der Waals surface area (Å²) in [5.74, 6) is 0.563. The molecule has 0 aliphatic heterocycles. The van der Waals surface area contributed by atoms with E-state index < -0.39 is 0 Å². The summed E-state index contributed by atoms with van der Waals surface area (Å²) in [5, 5.41) is 0. The second-order valence-corrected chi connectivity index (χ2v) is 3.96. The summed E-state index contributed by atoms with van der Waals surface area (Å²) in [6.07, 6.45) is 0.171. The SMILES string of the molecule is Cc1cc(OC(C)C)nc(OC(C)C)n1. The second kappa shape index (κ2) is 4.96.